The molecule has 0 fully saturated rings. The minimum atomic E-state index is -3.38. The number of rotatable bonds is 8. The maximum absolute atomic E-state index is 12.6. The number of methoxy groups -OCH3 is 1. The van der Waals surface area contributed by atoms with Gasteiger partial charge in [0.2, 0.25) is 10.0 Å². The summed E-state index contributed by atoms with van der Waals surface area (Å²) in [4.78, 5) is 26.6. The summed E-state index contributed by atoms with van der Waals surface area (Å²) in [5.74, 6) is 0.745. The summed E-state index contributed by atoms with van der Waals surface area (Å²) < 4.78 is 33.1. The van der Waals surface area contributed by atoms with E-state index in [1.807, 2.05) is 36.4 Å². The van der Waals surface area contributed by atoms with E-state index in [2.05, 4.69) is 29.3 Å². The Hall–Kier alpha value is -3.63. The third kappa shape index (κ3) is 6.39. The van der Waals surface area contributed by atoms with Gasteiger partial charge in [-0.25, -0.2) is 13.2 Å². The van der Waals surface area contributed by atoms with Crippen molar-refractivity contribution >= 4 is 34.6 Å². The number of sulfonamides is 1. The Bertz CT molecular complexity index is 1700. The van der Waals surface area contributed by atoms with Crippen LogP contribution in [0.3, 0.4) is 0 Å². The first kappa shape index (κ1) is 26.4. The molecule has 4 rings (SSSR count). The number of H-pyrrole nitrogens is 1. The van der Waals surface area contributed by atoms with E-state index in [1.54, 1.807) is 19.2 Å². The summed E-state index contributed by atoms with van der Waals surface area (Å²) in [5, 5.41) is 1.80. The van der Waals surface area contributed by atoms with Crippen molar-refractivity contribution in [2.24, 2.45) is 0 Å². The average Bonchev–Trinajstić information content (AvgIpc) is 2.80. The number of aromatic nitrogens is 2. The van der Waals surface area contributed by atoms with Crippen LogP contribution >= 0.6 is 0 Å². The largest absolute Gasteiger partial charge is 0.496 e. The molecule has 0 atom stereocenters. The van der Waals surface area contributed by atoms with Crippen molar-refractivity contribution in [2.75, 3.05) is 18.1 Å². The lowest BCUT2D eigenvalue weighted by Crippen LogP contribution is -2.27. The van der Waals surface area contributed by atoms with Crippen molar-refractivity contribution in [1.29, 1.82) is 0 Å². The zero-order chi connectivity index (χ0) is 27.0. The molecule has 8 nitrogen and oxygen atoms in total. The first-order valence-electron chi connectivity index (χ1n) is 11.9. The number of fused-ring (bicyclic) bond motifs is 1. The van der Waals surface area contributed by atoms with E-state index in [-0.39, 0.29) is 0 Å². The molecule has 0 unspecified atom stereocenters. The highest BCUT2D eigenvalue weighted by atomic mass is 32.2. The summed E-state index contributed by atoms with van der Waals surface area (Å²) in [6.07, 6.45) is 3.39. The van der Waals surface area contributed by atoms with Gasteiger partial charge in [-0.3, -0.25) is 19.1 Å². The summed E-state index contributed by atoms with van der Waals surface area (Å²) in [6, 6.07) is 17.5. The summed E-state index contributed by atoms with van der Waals surface area (Å²) in [5.41, 5.74) is 2.87. The Labute approximate surface area is 217 Å². The predicted octanol–water partition coefficient (Wildman–Crippen LogP) is 4.61. The lowest BCUT2D eigenvalue weighted by molar-refractivity contribution is 0.411. The summed E-state index contributed by atoms with van der Waals surface area (Å²) in [7, 11) is -3.10. The first-order valence-corrected chi connectivity index (χ1v) is 17.5. The van der Waals surface area contributed by atoms with Gasteiger partial charge in [0.05, 0.1) is 19.1 Å². The molecule has 0 radical (unpaired) electrons. The minimum Gasteiger partial charge on any atom is -0.496 e. The lowest BCUT2D eigenvalue weighted by Gasteiger charge is -2.20. The maximum Gasteiger partial charge on any atom is 0.332 e. The number of nitrogens with one attached hydrogen (secondary N) is 2. The predicted molar refractivity (Wildman–Crippen MR) is 152 cm³/mol. The first-order chi connectivity index (χ1) is 17.3. The number of hydrogen-bond acceptors (Lipinski definition) is 5. The topological polar surface area (TPSA) is 110 Å². The number of aromatic amines is 1. The quantitative estimate of drug-likeness (QED) is 0.319. The monoisotopic (exact) mass is 537 g/mol. The second-order valence-corrected chi connectivity index (χ2v) is 17.7. The second kappa shape index (κ2) is 10.0. The van der Waals surface area contributed by atoms with Crippen LogP contribution in [0, 0.1) is 0 Å². The molecule has 1 aromatic heterocycles. The molecule has 0 spiro atoms. The number of benzene rings is 3. The van der Waals surface area contributed by atoms with E-state index in [0.29, 0.717) is 11.4 Å². The van der Waals surface area contributed by atoms with E-state index < -0.39 is 29.3 Å². The van der Waals surface area contributed by atoms with Crippen molar-refractivity contribution in [3.05, 3.63) is 87.2 Å². The fourth-order valence-corrected chi connectivity index (χ4v) is 5.85. The minimum absolute atomic E-state index is 0.451. The fourth-order valence-electron chi connectivity index (χ4n) is 4.27. The zero-order valence-corrected chi connectivity index (χ0v) is 23.4. The molecule has 0 aliphatic heterocycles. The van der Waals surface area contributed by atoms with E-state index in [1.165, 1.54) is 16.8 Å². The van der Waals surface area contributed by atoms with Crippen molar-refractivity contribution < 1.29 is 13.2 Å². The second-order valence-electron chi connectivity index (χ2n) is 10.4. The molecular formula is C27H31N3O5SSi. The van der Waals surface area contributed by atoms with Crippen molar-refractivity contribution in [2.45, 2.75) is 32.1 Å². The lowest BCUT2D eigenvalue weighted by atomic mass is 9.96. The van der Waals surface area contributed by atoms with Crippen molar-refractivity contribution in [3.63, 3.8) is 0 Å². The van der Waals surface area contributed by atoms with Crippen LogP contribution in [0.2, 0.25) is 25.7 Å². The Morgan fingerprint density at radius 2 is 1.68 bits per heavy atom. The molecule has 0 amide bonds. The molecule has 0 saturated heterocycles. The Morgan fingerprint density at radius 3 is 2.32 bits per heavy atom. The summed E-state index contributed by atoms with van der Waals surface area (Å²) in [6.45, 7) is 6.94. The summed E-state index contributed by atoms with van der Waals surface area (Å²) >= 11 is 0. The highest BCUT2D eigenvalue weighted by molar-refractivity contribution is 7.92. The van der Waals surface area contributed by atoms with Gasteiger partial charge in [0.1, 0.15) is 5.75 Å². The zero-order valence-electron chi connectivity index (χ0n) is 21.6. The van der Waals surface area contributed by atoms with Crippen LogP contribution in [0.15, 0.2) is 70.4 Å². The molecular weight excluding hydrogens is 506 g/mol. The van der Waals surface area contributed by atoms with Crippen LogP contribution < -0.4 is 20.7 Å². The molecule has 3 aromatic carbocycles. The highest BCUT2D eigenvalue weighted by Gasteiger charge is 2.19. The standard InChI is InChI=1S/C27H31N3O5SSi/c1-35-26-21(11-13-37(3,4)5)16-23(30-12-10-25(31)28-27(30)32)17-24(26)20-7-6-19-15-22(29-36(2,33)34)9-8-18(19)14-20/h6-10,12,14-17,29H,11,13H2,1-5H3,(H,28,31,32). The Balaban J connectivity index is 1.89. The van der Waals surface area contributed by atoms with Gasteiger partial charge in [-0.2, -0.15) is 0 Å². The van der Waals surface area contributed by atoms with Gasteiger partial charge in [-0.1, -0.05) is 43.9 Å². The van der Waals surface area contributed by atoms with Gasteiger partial charge < -0.3 is 4.74 Å². The molecule has 0 aliphatic rings. The molecule has 2 N–H and O–H groups in total. The highest BCUT2D eigenvalue weighted by Crippen LogP contribution is 2.38. The number of anilines is 1. The van der Waals surface area contributed by atoms with Crippen LogP contribution in [0.25, 0.3) is 27.6 Å². The van der Waals surface area contributed by atoms with Gasteiger partial charge in [-0.05, 0) is 58.7 Å². The van der Waals surface area contributed by atoms with Gasteiger partial charge in [0, 0.05) is 31.6 Å². The van der Waals surface area contributed by atoms with Gasteiger partial charge in [0.25, 0.3) is 5.56 Å². The van der Waals surface area contributed by atoms with E-state index in [4.69, 9.17) is 4.74 Å². The number of ether oxygens (including phenoxy) is 1. The number of aryl methyl sites for hydroxylation is 1. The molecule has 0 aliphatic carbocycles. The van der Waals surface area contributed by atoms with E-state index in [0.717, 1.165) is 51.9 Å². The average molecular weight is 538 g/mol. The van der Waals surface area contributed by atoms with Gasteiger partial charge in [0.15, 0.2) is 0 Å². The molecule has 0 saturated carbocycles. The Kier molecular flexibility index (Phi) is 7.16. The molecule has 1 heterocycles. The smallest absolute Gasteiger partial charge is 0.332 e. The Morgan fingerprint density at radius 1 is 0.973 bits per heavy atom. The van der Waals surface area contributed by atoms with Crippen LogP contribution in [0.1, 0.15) is 5.56 Å². The molecule has 0 bridgehead atoms. The molecule has 10 heteroatoms. The van der Waals surface area contributed by atoms with Crippen LogP contribution in [-0.2, 0) is 16.4 Å². The van der Waals surface area contributed by atoms with Gasteiger partial charge >= 0.3 is 5.69 Å². The molecule has 4 aromatic rings. The maximum atomic E-state index is 12.6. The third-order valence-electron chi connectivity index (χ3n) is 6.06. The SMILES string of the molecule is COc1c(CC[Si](C)(C)C)cc(-n2ccc(=O)[nH]c2=O)cc1-c1ccc2cc(NS(C)(=O)=O)ccc2c1. The van der Waals surface area contributed by atoms with Gasteiger partial charge in [-0.15, -0.1) is 0 Å². The van der Waals surface area contributed by atoms with E-state index in [9.17, 15) is 18.0 Å². The third-order valence-corrected chi connectivity index (χ3v) is 8.41. The molecule has 194 valence electrons. The van der Waals surface area contributed by atoms with E-state index >= 15 is 0 Å². The molecule has 37 heavy (non-hydrogen) atoms. The van der Waals surface area contributed by atoms with Crippen LogP contribution in [0.4, 0.5) is 5.69 Å². The van der Waals surface area contributed by atoms with Crippen molar-refractivity contribution in [3.8, 4) is 22.6 Å². The normalized spacial score (nSPS) is 12.0. The fraction of sp³-hybridized carbons (Fsp3) is 0.259. The van der Waals surface area contributed by atoms with Crippen LogP contribution in [-0.4, -0.2) is 39.4 Å². The number of nitrogens with zero attached hydrogens (tertiary/aromatic N) is 1. The number of hydrogen-bond donors (Lipinski definition) is 2. The van der Waals surface area contributed by atoms with Crippen molar-refractivity contribution in [1.82, 2.24) is 9.55 Å². The van der Waals surface area contributed by atoms with Crippen LogP contribution in [0.5, 0.6) is 5.75 Å².